The lowest BCUT2D eigenvalue weighted by atomic mass is 10.2. The average Bonchev–Trinajstić information content (AvgIpc) is 2.99. The summed E-state index contributed by atoms with van der Waals surface area (Å²) in [5.41, 5.74) is 1.65. The summed E-state index contributed by atoms with van der Waals surface area (Å²) in [5, 5.41) is 2.83. The predicted molar refractivity (Wildman–Crippen MR) is 108 cm³/mol. The number of sulfonamides is 1. The SMILES string of the molecule is Cc1ccc2c(c1)Oc1cc(Cl)c(S(=O)(=O)N3CCCCCC3)cc1C(=O)N2. The molecule has 2 aliphatic rings. The second-order valence-corrected chi connectivity index (χ2v) is 9.47. The lowest BCUT2D eigenvalue weighted by molar-refractivity contribution is 0.102. The number of halogens is 1. The fourth-order valence-corrected chi connectivity index (χ4v) is 5.58. The van der Waals surface area contributed by atoms with Gasteiger partial charge in [0.25, 0.3) is 5.91 Å². The Morgan fingerprint density at radius 2 is 1.75 bits per heavy atom. The van der Waals surface area contributed by atoms with Crippen molar-refractivity contribution in [2.24, 2.45) is 0 Å². The number of rotatable bonds is 2. The molecule has 1 N–H and O–H groups in total. The van der Waals surface area contributed by atoms with E-state index in [4.69, 9.17) is 16.3 Å². The number of fused-ring (bicyclic) bond motifs is 2. The first-order chi connectivity index (χ1) is 13.4. The molecule has 2 aliphatic heterocycles. The molecule has 0 spiro atoms. The largest absolute Gasteiger partial charge is 0.454 e. The molecule has 4 rings (SSSR count). The molecule has 0 bridgehead atoms. The van der Waals surface area contributed by atoms with E-state index in [-0.39, 0.29) is 21.2 Å². The lowest BCUT2D eigenvalue weighted by Crippen LogP contribution is -2.32. The third kappa shape index (κ3) is 3.50. The number of carbonyl (C=O) groups is 1. The van der Waals surface area contributed by atoms with Crippen molar-refractivity contribution in [1.82, 2.24) is 4.31 Å². The van der Waals surface area contributed by atoms with Gasteiger partial charge >= 0.3 is 0 Å². The van der Waals surface area contributed by atoms with Crippen LogP contribution in [0, 0.1) is 6.92 Å². The summed E-state index contributed by atoms with van der Waals surface area (Å²) in [4.78, 5) is 12.7. The molecular weight excluding hydrogens is 400 g/mol. The zero-order chi connectivity index (χ0) is 19.9. The summed E-state index contributed by atoms with van der Waals surface area (Å²) in [5.74, 6) is 0.301. The van der Waals surface area contributed by atoms with Gasteiger partial charge < -0.3 is 10.1 Å². The van der Waals surface area contributed by atoms with Gasteiger partial charge in [-0.1, -0.05) is 30.5 Å². The van der Waals surface area contributed by atoms with Crippen LogP contribution in [0.4, 0.5) is 5.69 Å². The van der Waals surface area contributed by atoms with Crippen LogP contribution in [-0.4, -0.2) is 31.7 Å². The Morgan fingerprint density at radius 1 is 1.04 bits per heavy atom. The van der Waals surface area contributed by atoms with Crippen LogP contribution in [0.25, 0.3) is 0 Å². The van der Waals surface area contributed by atoms with Gasteiger partial charge in [-0.3, -0.25) is 4.79 Å². The van der Waals surface area contributed by atoms with Crippen LogP contribution in [0.15, 0.2) is 35.2 Å². The van der Waals surface area contributed by atoms with Crippen LogP contribution in [-0.2, 0) is 10.0 Å². The number of ether oxygens (including phenoxy) is 1. The van der Waals surface area contributed by atoms with Crippen molar-refractivity contribution in [3.05, 3.63) is 46.5 Å². The van der Waals surface area contributed by atoms with Crippen molar-refractivity contribution >= 4 is 33.2 Å². The highest BCUT2D eigenvalue weighted by atomic mass is 35.5. The summed E-state index contributed by atoms with van der Waals surface area (Å²) >= 11 is 6.35. The Labute approximate surface area is 169 Å². The summed E-state index contributed by atoms with van der Waals surface area (Å²) in [6.07, 6.45) is 3.66. The Kier molecular flexibility index (Phi) is 5.07. The minimum atomic E-state index is -3.79. The van der Waals surface area contributed by atoms with Crippen LogP contribution in [0.3, 0.4) is 0 Å². The number of aryl methyl sites for hydroxylation is 1. The standard InChI is InChI=1S/C20H21ClN2O4S/c1-13-6-7-16-18(10-13)27-17-12-15(21)19(11-14(17)20(24)22-16)28(25,26)23-8-4-2-3-5-9-23/h6-7,10-12H,2-5,8-9H2,1H3,(H,22,24). The zero-order valence-corrected chi connectivity index (χ0v) is 17.1. The number of carbonyl (C=O) groups excluding carboxylic acids is 1. The third-order valence-electron chi connectivity index (χ3n) is 5.07. The molecule has 0 saturated carbocycles. The van der Waals surface area contributed by atoms with E-state index >= 15 is 0 Å². The van der Waals surface area contributed by atoms with Crippen LogP contribution >= 0.6 is 11.6 Å². The third-order valence-corrected chi connectivity index (χ3v) is 7.43. The van der Waals surface area contributed by atoms with Crippen molar-refractivity contribution in [3.8, 4) is 11.5 Å². The Morgan fingerprint density at radius 3 is 2.46 bits per heavy atom. The van der Waals surface area contributed by atoms with Gasteiger partial charge in [0.15, 0.2) is 5.75 Å². The van der Waals surface area contributed by atoms with Gasteiger partial charge in [0, 0.05) is 19.2 Å². The number of hydrogen-bond acceptors (Lipinski definition) is 4. The topological polar surface area (TPSA) is 75.7 Å². The second kappa shape index (κ2) is 7.39. The van der Waals surface area contributed by atoms with E-state index in [2.05, 4.69) is 5.32 Å². The molecule has 1 fully saturated rings. The molecule has 0 atom stereocenters. The Bertz CT molecular complexity index is 1040. The molecule has 2 heterocycles. The normalized spacial score (nSPS) is 17.6. The van der Waals surface area contributed by atoms with Gasteiger partial charge in [-0.2, -0.15) is 4.31 Å². The highest BCUT2D eigenvalue weighted by Crippen LogP contribution is 2.40. The van der Waals surface area contributed by atoms with Crippen molar-refractivity contribution in [2.45, 2.75) is 37.5 Å². The monoisotopic (exact) mass is 420 g/mol. The minimum Gasteiger partial charge on any atom is -0.454 e. The van der Waals surface area contributed by atoms with Crippen LogP contribution < -0.4 is 10.1 Å². The summed E-state index contributed by atoms with van der Waals surface area (Å²) in [7, 11) is -3.79. The van der Waals surface area contributed by atoms with Gasteiger partial charge in [-0.25, -0.2) is 8.42 Å². The number of anilines is 1. The maximum absolute atomic E-state index is 13.2. The number of hydrogen-bond donors (Lipinski definition) is 1. The van der Waals surface area contributed by atoms with Crippen molar-refractivity contribution in [2.75, 3.05) is 18.4 Å². The number of benzene rings is 2. The summed E-state index contributed by atoms with van der Waals surface area (Å²) in [6, 6.07) is 8.16. The molecule has 0 aliphatic carbocycles. The maximum atomic E-state index is 13.2. The molecule has 1 amide bonds. The van der Waals surface area contributed by atoms with Crippen LogP contribution in [0.2, 0.25) is 5.02 Å². The second-order valence-electron chi connectivity index (χ2n) is 7.15. The molecular formula is C20H21ClN2O4S. The molecule has 28 heavy (non-hydrogen) atoms. The first-order valence-electron chi connectivity index (χ1n) is 9.30. The quantitative estimate of drug-likeness (QED) is 0.772. The Hall–Kier alpha value is -2.09. The van der Waals surface area contributed by atoms with Crippen LogP contribution in [0.1, 0.15) is 41.6 Å². The molecule has 0 radical (unpaired) electrons. The highest BCUT2D eigenvalue weighted by Gasteiger charge is 2.31. The molecule has 6 nitrogen and oxygen atoms in total. The lowest BCUT2D eigenvalue weighted by Gasteiger charge is -2.21. The first-order valence-corrected chi connectivity index (χ1v) is 11.1. The summed E-state index contributed by atoms with van der Waals surface area (Å²) in [6.45, 7) is 2.84. The number of nitrogens with one attached hydrogen (secondary N) is 1. The summed E-state index contributed by atoms with van der Waals surface area (Å²) < 4.78 is 33.7. The maximum Gasteiger partial charge on any atom is 0.259 e. The van der Waals surface area contributed by atoms with Gasteiger partial charge in [-0.15, -0.1) is 0 Å². The average molecular weight is 421 g/mol. The van der Waals surface area contributed by atoms with Gasteiger partial charge in [-0.05, 0) is 43.5 Å². The van der Waals surface area contributed by atoms with Crippen molar-refractivity contribution < 1.29 is 17.9 Å². The molecule has 1 saturated heterocycles. The molecule has 0 aromatic heterocycles. The molecule has 2 aromatic rings. The highest BCUT2D eigenvalue weighted by molar-refractivity contribution is 7.89. The van der Waals surface area contributed by atoms with Gasteiger partial charge in [0.1, 0.15) is 10.6 Å². The smallest absolute Gasteiger partial charge is 0.259 e. The zero-order valence-electron chi connectivity index (χ0n) is 15.5. The predicted octanol–water partition coefficient (Wildman–Crippen LogP) is 4.57. The van der Waals surface area contributed by atoms with Crippen LogP contribution in [0.5, 0.6) is 11.5 Å². The van der Waals surface area contributed by atoms with Gasteiger partial charge in [0.2, 0.25) is 10.0 Å². The van der Waals surface area contributed by atoms with E-state index < -0.39 is 15.9 Å². The molecule has 148 valence electrons. The minimum absolute atomic E-state index is 0.0481. The van der Waals surface area contributed by atoms with Crippen molar-refractivity contribution in [1.29, 1.82) is 0 Å². The van der Waals surface area contributed by atoms with Crippen molar-refractivity contribution in [3.63, 3.8) is 0 Å². The fourth-order valence-electron chi connectivity index (χ4n) is 3.54. The van der Waals surface area contributed by atoms with E-state index in [1.165, 1.54) is 16.4 Å². The van der Waals surface area contributed by atoms with Gasteiger partial charge in [0.05, 0.1) is 16.3 Å². The van der Waals surface area contributed by atoms with E-state index in [1.54, 1.807) is 12.1 Å². The van der Waals surface area contributed by atoms with E-state index in [0.29, 0.717) is 24.5 Å². The van der Waals surface area contributed by atoms with E-state index in [1.807, 2.05) is 13.0 Å². The fraction of sp³-hybridized carbons (Fsp3) is 0.350. The number of nitrogens with zero attached hydrogens (tertiary/aromatic N) is 1. The number of amides is 1. The Balaban J connectivity index is 1.77. The molecule has 2 aromatic carbocycles. The molecule has 8 heteroatoms. The molecule has 0 unspecified atom stereocenters. The van der Waals surface area contributed by atoms with E-state index in [0.717, 1.165) is 31.2 Å². The first kappa shape index (κ1) is 19.2. The van der Waals surface area contributed by atoms with E-state index in [9.17, 15) is 13.2 Å².